The minimum atomic E-state index is -1.37. The number of nitrogens with zero attached hydrogens (tertiary/aromatic N) is 2. The van der Waals surface area contributed by atoms with Crippen molar-refractivity contribution in [1.29, 1.82) is 0 Å². The quantitative estimate of drug-likeness (QED) is 0.770. The van der Waals surface area contributed by atoms with Gasteiger partial charge in [0.2, 0.25) is 0 Å². The van der Waals surface area contributed by atoms with E-state index < -0.39 is 17.5 Å². The molecule has 2 aliphatic rings. The summed E-state index contributed by atoms with van der Waals surface area (Å²) in [5, 5.41) is 0. The maximum Gasteiger partial charge on any atom is 0.196 e. The molecule has 2 atom stereocenters. The first-order valence-corrected chi connectivity index (χ1v) is 7.26. The van der Waals surface area contributed by atoms with Crippen molar-refractivity contribution >= 4 is 5.69 Å². The molecule has 1 aromatic rings. The van der Waals surface area contributed by atoms with Gasteiger partial charge in [-0.25, -0.2) is 13.2 Å². The second-order valence-electron chi connectivity index (χ2n) is 5.70. The number of rotatable bonds is 2. The predicted molar refractivity (Wildman–Crippen MR) is 72.3 cm³/mol. The fourth-order valence-corrected chi connectivity index (χ4v) is 3.47. The third-order valence-electron chi connectivity index (χ3n) is 4.59. The Balaban J connectivity index is 1.93. The Hall–Kier alpha value is -1.23. The highest BCUT2D eigenvalue weighted by Gasteiger charge is 2.36. The molecule has 0 N–H and O–H groups in total. The van der Waals surface area contributed by atoms with Gasteiger partial charge in [-0.2, -0.15) is 0 Å². The van der Waals surface area contributed by atoms with Crippen molar-refractivity contribution in [3.05, 3.63) is 29.6 Å². The number of piperazine rings is 1. The van der Waals surface area contributed by atoms with E-state index in [0.717, 1.165) is 38.4 Å². The van der Waals surface area contributed by atoms with Gasteiger partial charge in [0.1, 0.15) is 0 Å². The zero-order valence-electron chi connectivity index (χ0n) is 11.6. The molecular weight excluding hydrogens is 265 g/mol. The van der Waals surface area contributed by atoms with Gasteiger partial charge in [0, 0.05) is 25.2 Å². The molecule has 2 fully saturated rings. The first kappa shape index (κ1) is 13.7. The molecule has 2 aliphatic heterocycles. The third-order valence-corrected chi connectivity index (χ3v) is 4.59. The molecule has 0 aliphatic carbocycles. The summed E-state index contributed by atoms with van der Waals surface area (Å²) in [7, 11) is 0. The van der Waals surface area contributed by atoms with Crippen LogP contribution in [0, 0.1) is 17.5 Å². The van der Waals surface area contributed by atoms with Crippen molar-refractivity contribution in [1.82, 2.24) is 4.90 Å². The van der Waals surface area contributed by atoms with Gasteiger partial charge >= 0.3 is 0 Å². The monoisotopic (exact) mass is 284 g/mol. The van der Waals surface area contributed by atoms with Gasteiger partial charge in [0.25, 0.3) is 0 Å². The van der Waals surface area contributed by atoms with Gasteiger partial charge in [-0.15, -0.1) is 0 Å². The minimum Gasteiger partial charge on any atom is -0.363 e. The van der Waals surface area contributed by atoms with Crippen LogP contribution in [0.1, 0.15) is 26.2 Å². The fraction of sp³-hybridized carbons (Fsp3) is 0.600. The van der Waals surface area contributed by atoms with Gasteiger partial charge in [-0.1, -0.05) is 6.92 Å². The molecule has 110 valence electrons. The number of hydrogen-bond donors (Lipinski definition) is 0. The van der Waals surface area contributed by atoms with E-state index in [-0.39, 0.29) is 11.7 Å². The van der Waals surface area contributed by atoms with Gasteiger partial charge in [0.05, 0.1) is 5.69 Å². The Morgan fingerprint density at radius 2 is 1.95 bits per heavy atom. The highest BCUT2D eigenvalue weighted by atomic mass is 19.2. The minimum absolute atomic E-state index is 0.156. The van der Waals surface area contributed by atoms with Crippen LogP contribution in [0.5, 0.6) is 0 Å². The topological polar surface area (TPSA) is 6.48 Å². The Morgan fingerprint density at radius 1 is 1.15 bits per heavy atom. The summed E-state index contributed by atoms with van der Waals surface area (Å²) in [6, 6.07) is 2.94. The molecule has 2 nitrogen and oxygen atoms in total. The van der Waals surface area contributed by atoms with Crippen molar-refractivity contribution in [3.8, 4) is 0 Å². The van der Waals surface area contributed by atoms with Crippen molar-refractivity contribution in [2.75, 3.05) is 24.5 Å². The summed E-state index contributed by atoms with van der Waals surface area (Å²) in [5.74, 6) is -3.56. The van der Waals surface area contributed by atoms with Crippen LogP contribution in [-0.2, 0) is 0 Å². The lowest BCUT2D eigenvalue weighted by Gasteiger charge is -2.44. The van der Waals surface area contributed by atoms with E-state index in [0.29, 0.717) is 12.6 Å². The smallest absolute Gasteiger partial charge is 0.196 e. The Morgan fingerprint density at radius 3 is 2.70 bits per heavy atom. The van der Waals surface area contributed by atoms with Gasteiger partial charge in [-0.3, -0.25) is 4.90 Å². The zero-order valence-corrected chi connectivity index (χ0v) is 11.6. The van der Waals surface area contributed by atoms with E-state index in [2.05, 4.69) is 4.90 Å². The highest BCUT2D eigenvalue weighted by Crippen LogP contribution is 2.32. The highest BCUT2D eigenvalue weighted by molar-refractivity contribution is 5.50. The number of anilines is 1. The molecule has 2 saturated heterocycles. The fourth-order valence-electron chi connectivity index (χ4n) is 3.47. The normalized spacial score (nSPS) is 26.9. The standard InChI is InChI=1S/C15H19F3N2/c1-2-10-8-19-7-3-4-11(19)9-20(10)13-6-5-12(16)14(17)15(13)18/h5-6,10-11H,2-4,7-9H2,1H3. The van der Waals surface area contributed by atoms with Crippen LogP contribution in [0.2, 0.25) is 0 Å². The molecule has 3 rings (SSSR count). The summed E-state index contributed by atoms with van der Waals surface area (Å²) in [5.41, 5.74) is 0.197. The zero-order chi connectivity index (χ0) is 14.3. The van der Waals surface area contributed by atoms with Crippen LogP contribution in [0.3, 0.4) is 0 Å². The molecule has 0 saturated carbocycles. The molecule has 20 heavy (non-hydrogen) atoms. The first-order chi connectivity index (χ1) is 9.61. The first-order valence-electron chi connectivity index (χ1n) is 7.26. The number of halogens is 3. The summed E-state index contributed by atoms with van der Waals surface area (Å²) in [6.07, 6.45) is 3.12. The number of hydrogen-bond acceptors (Lipinski definition) is 2. The summed E-state index contributed by atoms with van der Waals surface area (Å²) in [4.78, 5) is 4.35. The predicted octanol–water partition coefficient (Wildman–Crippen LogP) is 3.17. The number of fused-ring (bicyclic) bond motifs is 1. The number of benzene rings is 1. The summed E-state index contributed by atoms with van der Waals surface area (Å²) in [6.45, 7) is 4.71. The second-order valence-corrected chi connectivity index (χ2v) is 5.70. The molecular formula is C15H19F3N2. The average Bonchev–Trinajstić information content (AvgIpc) is 2.91. The maximum absolute atomic E-state index is 14.0. The Kier molecular flexibility index (Phi) is 3.63. The molecule has 1 aromatic carbocycles. The van der Waals surface area contributed by atoms with E-state index in [1.54, 1.807) is 0 Å². The average molecular weight is 284 g/mol. The van der Waals surface area contributed by atoms with E-state index in [1.807, 2.05) is 11.8 Å². The lowest BCUT2D eigenvalue weighted by atomic mass is 10.0. The van der Waals surface area contributed by atoms with E-state index in [9.17, 15) is 13.2 Å². The Bertz CT molecular complexity index is 506. The van der Waals surface area contributed by atoms with Crippen molar-refractivity contribution in [2.24, 2.45) is 0 Å². The third kappa shape index (κ3) is 2.18. The lowest BCUT2D eigenvalue weighted by Crippen LogP contribution is -2.56. The van der Waals surface area contributed by atoms with Crippen molar-refractivity contribution in [3.63, 3.8) is 0 Å². The molecule has 5 heteroatoms. The van der Waals surface area contributed by atoms with Crippen LogP contribution in [0.15, 0.2) is 12.1 Å². The Labute approximate surface area is 117 Å². The lowest BCUT2D eigenvalue weighted by molar-refractivity contribution is 0.193. The van der Waals surface area contributed by atoms with Gasteiger partial charge in [0.15, 0.2) is 17.5 Å². The van der Waals surface area contributed by atoms with Gasteiger partial charge < -0.3 is 4.90 Å². The van der Waals surface area contributed by atoms with Crippen LogP contribution in [0.4, 0.5) is 18.9 Å². The second kappa shape index (κ2) is 5.28. The van der Waals surface area contributed by atoms with Gasteiger partial charge in [-0.05, 0) is 37.9 Å². The van der Waals surface area contributed by atoms with Crippen LogP contribution < -0.4 is 4.90 Å². The largest absolute Gasteiger partial charge is 0.363 e. The van der Waals surface area contributed by atoms with Crippen molar-refractivity contribution < 1.29 is 13.2 Å². The van der Waals surface area contributed by atoms with Crippen molar-refractivity contribution in [2.45, 2.75) is 38.3 Å². The summed E-state index contributed by atoms with van der Waals surface area (Å²) >= 11 is 0. The molecule has 2 unspecified atom stereocenters. The maximum atomic E-state index is 14.0. The molecule has 0 radical (unpaired) electrons. The molecule has 0 amide bonds. The van der Waals surface area contributed by atoms with Crippen LogP contribution in [-0.4, -0.2) is 36.6 Å². The molecule has 0 spiro atoms. The van der Waals surface area contributed by atoms with Crippen LogP contribution in [0.25, 0.3) is 0 Å². The molecule has 0 bridgehead atoms. The van der Waals surface area contributed by atoms with E-state index in [1.165, 1.54) is 6.07 Å². The molecule has 0 aromatic heterocycles. The summed E-state index contributed by atoms with van der Waals surface area (Å²) < 4.78 is 40.6. The van der Waals surface area contributed by atoms with E-state index >= 15 is 0 Å². The SMILES string of the molecule is CCC1CN2CCCC2CN1c1ccc(F)c(F)c1F. The van der Waals surface area contributed by atoms with Crippen LogP contribution >= 0.6 is 0 Å². The van der Waals surface area contributed by atoms with E-state index in [4.69, 9.17) is 0 Å². The molecule has 2 heterocycles.